The Morgan fingerprint density at radius 2 is 2.33 bits per heavy atom. The van der Waals surface area contributed by atoms with Crippen molar-refractivity contribution in [1.82, 2.24) is 14.7 Å². The lowest BCUT2D eigenvalue weighted by Gasteiger charge is -2.24. The van der Waals surface area contributed by atoms with E-state index >= 15 is 0 Å². The van der Waals surface area contributed by atoms with E-state index in [1.54, 1.807) is 12.5 Å². The third-order valence-electron chi connectivity index (χ3n) is 4.36. The van der Waals surface area contributed by atoms with Crippen LogP contribution in [0.2, 0.25) is 0 Å². The molecule has 21 heavy (non-hydrogen) atoms. The Hall–Kier alpha value is -2.04. The number of furan rings is 1. The molecule has 2 aromatic heterocycles. The highest BCUT2D eigenvalue weighted by Crippen LogP contribution is 2.42. The Kier molecular flexibility index (Phi) is 3.35. The van der Waals surface area contributed by atoms with E-state index in [1.165, 1.54) is 5.56 Å². The van der Waals surface area contributed by atoms with E-state index < -0.39 is 0 Å². The lowest BCUT2D eigenvalue weighted by Crippen LogP contribution is -2.31. The van der Waals surface area contributed by atoms with Gasteiger partial charge in [0, 0.05) is 32.3 Å². The van der Waals surface area contributed by atoms with Gasteiger partial charge < -0.3 is 9.32 Å². The molecule has 5 nitrogen and oxygen atoms in total. The Labute approximate surface area is 124 Å². The van der Waals surface area contributed by atoms with Gasteiger partial charge in [-0.25, -0.2) is 0 Å². The molecule has 1 fully saturated rings. The Morgan fingerprint density at radius 3 is 2.95 bits per heavy atom. The average molecular weight is 287 g/mol. The lowest BCUT2D eigenvalue weighted by atomic mass is 9.79. The number of nitrogens with zero attached hydrogens (tertiary/aromatic N) is 3. The monoisotopic (exact) mass is 287 g/mol. The number of amides is 1. The van der Waals surface area contributed by atoms with Gasteiger partial charge in [-0.2, -0.15) is 5.10 Å². The van der Waals surface area contributed by atoms with Gasteiger partial charge in [0.25, 0.3) is 0 Å². The fourth-order valence-electron chi connectivity index (χ4n) is 3.18. The molecule has 0 bridgehead atoms. The first-order valence-corrected chi connectivity index (χ1v) is 7.23. The summed E-state index contributed by atoms with van der Waals surface area (Å²) in [6, 6.07) is 1.84. The summed E-state index contributed by atoms with van der Waals surface area (Å²) in [5, 5.41) is 4.26. The van der Waals surface area contributed by atoms with Crippen LogP contribution < -0.4 is 0 Å². The van der Waals surface area contributed by atoms with E-state index in [-0.39, 0.29) is 11.3 Å². The minimum atomic E-state index is 0.0646. The number of hydrogen-bond donors (Lipinski definition) is 0. The van der Waals surface area contributed by atoms with Crippen LogP contribution in [0.3, 0.4) is 0 Å². The van der Waals surface area contributed by atoms with Crippen LogP contribution in [0, 0.1) is 5.41 Å². The van der Waals surface area contributed by atoms with Gasteiger partial charge in [0.2, 0.25) is 5.91 Å². The second-order valence-electron chi connectivity index (χ2n) is 6.57. The van der Waals surface area contributed by atoms with Crippen molar-refractivity contribution in [2.24, 2.45) is 12.5 Å². The summed E-state index contributed by atoms with van der Waals surface area (Å²) < 4.78 is 6.85. The number of aromatic nitrogens is 2. The number of likely N-dealkylation sites (tertiary alicyclic amines) is 1. The summed E-state index contributed by atoms with van der Waals surface area (Å²) >= 11 is 0. The molecule has 0 aliphatic carbocycles. The van der Waals surface area contributed by atoms with E-state index in [0.717, 1.165) is 18.7 Å². The minimum absolute atomic E-state index is 0.0646. The van der Waals surface area contributed by atoms with Gasteiger partial charge in [-0.1, -0.05) is 13.8 Å². The molecule has 0 spiro atoms. The van der Waals surface area contributed by atoms with Crippen molar-refractivity contribution in [1.29, 1.82) is 0 Å². The summed E-state index contributed by atoms with van der Waals surface area (Å²) in [5.41, 5.74) is 2.21. The Morgan fingerprint density at radius 1 is 1.52 bits per heavy atom. The zero-order chi connectivity index (χ0) is 15.0. The van der Waals surface area contributed by atoms with Gasteiger partial charge in [0.15, 0.2) is 0 Å². The topological polar surface area (TPSA) is 51.3 Å². The van der Waals surface area contributed by atoms with E-state index in [0.29, 0.717) is 12.3 Å². The van der Waals surface area contributed by atoms with Crippen LogP contribution in [-0.4, -0.2) is 33.7 Å². The lowest BCUT2D eigenvalue weighted by molar-refractivity contribution is -0.129. The molecule has 1 amide bonds. The number of carbonyl (C=O) groups excluding carboxylic acids is 1. The Balaban J connectivity index is 1.73. The van der Waals surface area contributed by atoms with Crippen molar-refractivity contribution in [3.05, 3.63) is 42.1 Å². The quantitative estimate of drug-likeness (QED) is 0.869. The third kappa shape index (κ3) is 2.73. The number of rotatable bonds is 3. The van der Waals surface area contributed by atoms with Crippen molar-refractivity contribution in [3.63, 3.8) is 0 Å². The highest BCUT2D eigenvalue weighted by molar-refractivity contribution is 5.79. The van der Waals surface area contributed by atoms with Crippen LogP contribution in [0.5, 0.6) is 0 Å². The van der Waals surface area contributed by atoms with Crippen LogP contribution >= 0.6 is 0 Å². The van der Waals surface area contributed by atoms with Crippen LogP contribution in [0.4, 0.5) is 0 Å². The molecular formula is C16H21N3O2. The molecule has 1 aliphatic rings. The van der Waals surface area contributed by atoms with E-state index in [2.05, 4.69) is 25.1 Å². The van der Waals surface area contributed by atoms with Gasteiger partial charge in [0.05, 0.1) is 25.1 Å². The minimum Gasteiger partial charge on any atom is -0.472 e. The molecule has 1 aliphatic heterocycles. The smallest absolute Gasteiger partial charge is 0.227 e. The highest BCUT2D eigenvalue weighted by Gasteiger charge is 2.42. The molecule has 1 unspecified atom stereocenters. The average Bonchev–Trinajstić information content (AvgIpc) is 3.10. The van der Waals surface area contributed by atoms with Crippen LogP contribution in [0.1, 0.15) is 30.9 Å². The highest BCUT2D eigenvalue weighted by atomic mass is 16.3. The first kappa shape index (κ1) is 13.9. The first-order valence-electron chi connectivity index (χ1n) is 7.23. The maximum Gasteiger partial charge on any atom is 0.227 e. The molecule has 112 valence electrons. The van der Waals surface area contributed by atoms with Crippen molar-refractivity contribution >= 4 is 5.91 Å². The van der Waals surface area contributed by atoms with Crippen molar-refractivity contribution in [2.75, 3.05) is 13.1 Å². The molecular weight excluding hydrogens is 266 g/mol. The molecule has 1 atom stereocenters. The van der Waals surface area contributed by atoms with E-state index in [4.69, 9.17) is 4.42 Å². The second-order valence-corrected chi connectivity index (χ2v) is 6.57. The largest absolute Gasteiger partial charge is 0.472 e. The fourth-order valence-corrected chi connectivity index (χ4v) is 3.18. The van der Waals surface area contributed by atoms with Crippen LogP contribution in [0.25, 0.3) is 0 Å². The molecule has 1 saturated heterocycles. The molecule has 0 N–H and O–H groups in total. The molecule has 0 aromatic carbocycles. The molecule has 3 rings (SSSR count). The predicted molar refractivity (Wildman–Crippen MR) is 78.7 cm³/mol. The second kappa shape index (κ2) is 5.06. The SMILES string of the molecule is Cn1cc(C2CN(C(=O)Cc3ccoc3)CC2(C)C)cn1. The molecule has 0 saturated carbocycles. The third-order valence-corrected chi connectivity index (χ3v) is 4.36. The standard InChI is InChI=1S/C16H21N3O2/c1-16(2)11-19(15(20)6-12-4-5-21-10-12)9-14(16)13-7-17-18(3)8-13/h4-5,7-8,10,14H,6,9,11H2,1-3H3. The summed E-state index contributed by atoms with van der Waals surface area (Å²) in [5.74, 6) is 0.496. The van der Waals surface area contributed by atoms with Gasteiger partial charge >= 0.3 is 0 Å². The van der Waals surface area contributed by atoms with Gasteiger partial charge in [-0.3, -0.25) is 9.48 Å². The molecule has 3 heterocycles. The summed E-state index contributed by atoms with van der Waals surface area (Å²) in [6.45, 7) is 5.98. The maximum absolute atomic E-state index is 12.4. The van der Waals surface area contributed by atoms with E-state index in [9.17, 15) is 4.79 Å². The summed E-state index contributed by atoms with van der Waals surface area (Å²) in [4.78, 5) is 14.4. The number of carbonyl (C=O) groups is 1. The van der Waals surface area contributed by atoms with Crippen molar-refractivity contribution in [3.8, 4) is 0 Å². The van der Waals surface area contributed by atoms with Gasteiger partial charge in [0.1, 0.15) is 0 Å². The zero-order valence-electron chi connectivity index (χ0n) is 12.7. The Bertz CT molecular complexity index is 628. The normalized spacial score (nSPS) is 20.9. The van der Waals surface area contributed by atoms with E-state index in [1.807, 2.05) is 28.9 Å². The van der Waals surface area contributed by atoms with Crippen LogP contribution in [-0.2, 0) is 18.3 Å². The molecule has 0 radical (unpaired) electrons. The molecule has 5 heteroatoms. The maximum atomic E-state index is 12.4. The summed E-state index contributed by atoms with van der Waals surface area (Å²) in [6.07, 6.45) is 7.62. The van der Waals surface area contributed by atoms with Gasteiger partial charge in [-0.15, -0.1) is 0 Å². The van der Waals surface area contributed by atoms with Crippen molar-refractivity contribution in [2.45, 2.75) is 26.2 Å². The first-order chi connectivity index (χ1) is 9.95. The van der Waals surface area contributed by atoms with Crippen LogP contribution in [0.15, 0.2) is 35.4 Å². The number of aryl methyl sites for hydroxylation is 1. The fraction of sp³-hybridized carbons (Fsp3) is 0.500. The summed E-state index contributed by atoms with van der Waals surface area (Å²) in [7, 11) is 1.92. The number of hydrogen-bond acceptors (Lipinski definition) is 3. The molecule has 2 aromatic rings. The van der Waals surface area contributed by atoms with Crippen molar-refractivity contribution < 1.29 is 9.21 Å². The predicted octanol–water partition coefficient (Wildman–Crippen LogP) is 2.21. The zero-order valence-corrected chi connectivity index (χ0v) is 12.7. The van der Waals surface area contributed by atoms with Gasteiger partial charge in [-0.05, 0) is 22.6 Å².